The normalized spacial score (nSPS) is 21.4. The van der Waals surface area contributed by atoms with Crippen molar-refractivity contribution < 1.29 is 9.53 Å². The molecule has 2 aliphatic heterocycles. The zero-order valence-electron chi connectivity index (χ0n) is 17.4. The lowest BCUT2D eigenvalue weighted by Crippen LogP contribution is -2.49. The number of anilines is 2. The summed E-state index contributed by atoms with van der Waals surface area (Å²) >= 11 is 5.84. The molecule has 2 atom stereocenters. The number of nitrogens with zero attached hydrogens (tertiary/aromatic N) is 5. The zero-order chi connectivity index (χ0) is 21.8. The van der Waals surface area contributed by atoms with E-state index in [4.69, 9.17) is 16.3 Å². The van der Waals surface area contributed by atoms with E-state index < -0.39 is 0 Å². The van der Waals surface area contributed by atoms with Gasteiger partial charge in [-0.05, 0) is 19.8 Å². The Labute approximate surface area is 185 Å². The van der Waals surface area contributed by atoms with Crippen molar-refractivity contribution in [1.82, 2.24) is 25.1 Å². The van der Waals surface area contributed by atoms with Gasteiger partial charge in [-0.2, -0.15) is 5.10 Å². The van der Waals surface area contributed by atoms with Crippen molar-refractivity contribution in [3.05, 3.63) is 39.5 Å². The van der Waals surface area contributed by atoms with Crippen LogP contribution in [0.25, 0.3) is 0 Å². The van der Waals surface area contributed by atoms with E-state index in [0.717, 1.165) is 12.8 Å². The van der Waals surface area contributed by atoms with E-state index in [-0.39, 0.29) is 23.7 Å². The van der Waals surface area contributed by atoms with Crippen molar-refractivity contribution in [2.24, 2.45) is 0 Å². The molecule has 0 spiro atoms. The minimum absolute atomic E-state index is 0.00962. The molecule has 10 nitrogen and oxygen atoms in total. The minimum Gasteiger partial charge on any atom is -0.381 e. The zero-order valence-corrected chi connectivity index (χ0v) is 18.1. The first-order valence-corrected chi connectivity index (χ1v) is 10.8. The molecule has 2 aromatic heterocycles. The van der Waals surface area contributed by atoms with Crippen LogP contribution in [0.3, 0.4) is 0 Å². The van der Waals surface area contributed by atoms with Crippen molar-refractivity contribution in [3.63, 3.8) is 0 Å². The van der Waals surface area contributed by atoms with Crippen molar-refractivity contribution >= 4 is 29.1 Å². The van der Waals surface area contributed by atoms with Crippen LogP contribution >= 0.6 is 11.6 Å². The van der Waals surface area contributed by atoms with E-state index in [1.165, 1.54) is 0 Å². The van der Waals surface area contributed by atoms with Gasteiger partial charge in [0.2, 0.25) is 11.9 Å². The Balaban J connectivity index is 1.20. The molecule has 0 unspecified atom stereocenters. The maximum Gasteiger partial charge on any atom is 0.269 e. The van der Waals surface area contributed by atoms with E-state index in [1.54, 1.807) is 25.5 Å². The summed E-state index contributed by atoms with van der Waals surface area (Å²) in [6.45, 7) is 4.98. The second kappa shape index (κ2) is 9.61. The van der Waals surface area contributed by atoms with Crippen LogP contribution in [0.4, 0.5) is 11.6 Å². The van der Waals surface area contributed by atoms with Gasteiger partial charge in [0.25, 0.3) is 5.56 Å². The summed E-state index contributed by atoms with van der Waals surface area (Å²) in [7, 11) is 0. The number of carbonyl (C=O) groups is 1. The Kier molecular flexibility index (Phi) is 6.67. The average molecular weight is 448 g/mol. The molecule has 0 aromatic carbocycles. The summed E-state index contributed by atoms with van der Waals surface area (Å²) in [6.07, 6.45) is 6.81. The highest BCUT2D eigenvalue weighted by Crippen LogP contribution is 2.24. The summed E-state index contributed by atoms with van der Waals surface area (Å²) < 4.78 is 6.06. The third kappa shape index (κ3) is 5.31. The summed E-state index contributed by atoms with van der Waals surface area (Å²) in [4.78, 5) is 36.8. The predicted octanol–water partition coefficient (Wildman–Crippen LogP) is 1.22. The molecule has 31 heavy (non-hydrogen) atoms. The minimum atomic E-state index is -0.205. The van der Waals surface area contributed by atoms with E-state index in [1.807, 2.05) is 4.90 Å². The number of aromatic amines is 1. The van der Waals surface area contributed by atoms with Gasteiger partial charge in [0.15, 0.2) is 0 Å². The van der Waals surface area contributed by atoms with Gasteiger partial charge in [0.1, 0.15) is 0 Å². The highest BCUT2D eigenvalue weighted by Gasteiger charge is 2.30. The third-order valence-electron chi connectivity index (χ3n) is 5.74. The van der Waals surface area contributed by atoms with Crippen LogP contribution in [-0.2, 0) is 9.53 Å². The maximum atomic E-state index is 12.7. The van der Waals surface area contributed by atoms with Gasteiger partial charge in [-0.25, -0.2) is 15.1 Å². The Morgan fingerprint density at radius 1 is 1.19 bits per heavy atom. The van der Waals surface area contributed by atoms with Gasteiger partial charge in [0.05, 0.1) is 47.9 Å². The van der Waals surface area contributed by atoms with Crippen LogP contribution in [0.2, 0.25) is 5.02 Å². The summed E-state index contributed by atoms with van der Waals surface area (Å²) in [6, 6.07) is 0. The number of halogens is 1. The number of aromatic nitrogens is 4. The second-order valence-electron chi connectivity index (χ2n) is 7.85. The number of hydrogen-bond donors (Lipinski definition) is 2. The van der Waals surface area contributed by atoms with Gasteiger partial charge >= 0.3 is 0 Å². The first-order valence-electron chi connectivity index (χ1n) is 10.4. The number of nitrogens with one attached hydrogen (secondary N) is 2. The van der Waals surface area contributed by atoms with E-state index >= 15 is 0 Å². The van der Waals surface area contributed by atoms with Gasteiger partial charge in [-0.1, -0.05) is 11.6 Å². The van der Waals surface area contributed by atoms with Crippen molar-refractivity contribution in [2.45, 2.75) is 38.4 Å². The standard InChI is InChI=1S/C20H26ClN7O3/c1-13-17(12-25-26-19(13)30)22-11-16-3-2-15(31-16)8-18(29)27-4-6-28(7-5-27)20-23-9-14(21)10-24-20/h9-10,12,15-16H,2-8,11H2,1H3,(H2,22,26,30)/t15-,16-/m1/s1. The van der Waals surface area contributed by atoms with Gasteiger partial charge in [-0.15, -0.1) is 0 Å². The molecule has 4 heterocycles. The molecule has 4 rings (SSSR count). The molecular formula is C20H26ClN7O3. The fourth-order valence-corrected chi connectivity index (χ4v) is 3.99. The summed E-state index contributed by atoms with van der Waals surface area (Å²) in [5.74, 6) is 0.752. The fourth-order valence-electron chi connectivity index (χ4n) is 3.89. The van der Waals surface area contributed by atoms with Gasteiger partial charge < -0.3 is 19.9 Å². The molecule has 1 amide bonds. The lowest BCUT2D eigenvalue weighted by molar-refractivity contribution is -0.134. The number of ether oxygens (including phenoxy) is 1. The number of H-pyrrole nitrogens is 1. The lowest BCUT2D eigenvalue weighted by atomic mass is 10.1. The van der Waals surface area contributed by atoms with Crippen LogP contribution in [-0.4, -0.2) is 75.9 Å². The summed E-state index contributed by atoms with van der Waals surface area (Å²) in [5.41, 5.74) is 1.10. The molecular weight excluding hydrogens is 422 g/mol. The molecule has 0 bridgehead atoms. The second-order valence-corrected chi connectivity index (χ2v) is 8.29. The van der Waals surface area contributed by atoms with E-state index in [0.29, 0.717) is 61.4 Å². The molecule has 11 heteroatoms. The average Bonchev–Trinajstić information content (AvgIpc) is 3.22. The van der Waals surface area contributed by atoms with Crippen molar-refractivity contribution in [3.8, 4) is 0 Å². The van der Waals surface area contributed by atoms with E-state index in [9.17, 15) is 9.59 Å². The Morgan fingerprint density at radius 2 is 1.90 bits per heavy atom. The highest BCUT2D eigenvalue weighted by atomic mass is 35.5. The molecule has 2 fully saturated rings. The van der Waals surface area contributed by atoms with Crippen molar-refractivity contribution in [2.75, 3.05) is 42.9 Å². The van der Waals surface area contributed by atoms with Crippen LogP contribution in [0.1, 0.15) is 24.8 Å². The smallest absolute Gasteiger partial charge is 0.269 e. The van der Waals surface area contributed by atoms with Crippen LogP contribution in [0, 0.1) is 6.92 Å². The highest BCUT2D eigenvalue weighted by molar-refractivity contribution is 6.30. The van der Waals surface area contributed by atoms with Crippen LogP contribution < -0.4 is 15.8 Å². The fraction of sp³-hybridized carbons (Fsp3) is 0.550. The number of amides is 1. The number of rotatable bonds is 6. The number of carbonyl (C=O) groups excluding carboxylic acids is 1. The predicted molar refractivity (Wildman–Crippen MR) is 116 cm³/mol. The molecule has 166 valence electrons. The Hall–Kier alpha value is -2.72. The van der Waals surface area contributed by atoms with E-state index in [2.05, 4.69) is 30.4 Å². The number of piperazine rings is 1. The Bertz CT molecular complexity index is 960. The molecule has 2 saturated heterocycles. The largest absolute Gasteiger partial charge is 0.381 e. The first-order chi connectivity index (χ1) is 15.0. The van der Waals surface area contributed by atoms with Crippen molar-refractivity contribution in [1.29, 1.82) is 0 Å². The molecule has 0 saturated carbocycles. The monoisotopic (exact) mass is 447 g/mol. The van der Waals surface area contributed by atoms with Crippen LogP contribution in [0.5, 0.6) is 0 Å². The van der Waals surface area contributed by atoms with Gasteiger partial charge in [0, 0.05) is 38.3 Å². The quantitative estimate of drug-likeness (QED) is 0.679. The number of hydrogen-bond acceptors (Lipinski definition) is 8. The lowest BCUT2D eigenvalue weighted by Gasteiger charge is -2.35. The Morgan fingerprint density at radius 3 is 2.65 bits per heavy atom. The molecule has 0 radical (unpaired) electrons. The molecule has 0 aliphatic carbocycles. The van der Waals surface area contributed by atoms with Crippen LogP contribution in [0.15, 0.2) is 23.4 Å². The third-order valence-corrected chi connectivity index (χ3v) is 5.94. The molecule has 2 aromatic rings. The topological polar surface area (TPSA) is 116 Å². The molecule has 2 aliphatic rings. The summed E-state index contributed by atoms with van der Waals surface area (Å²) in [5, 5.41) is 9.96. The van der Waals surface area contributed by atoms with Gasteiger partial charge in [-0.3, -0.25) is 9.59 Å². The first kappa shape index (κ1) is 21.5. The SMILES string of the molecule is Cc1c(NC[C@H]2CC[C@H](CC(=O)N3CCN(c4ncc(Cl)cn4)CC3)O2)cn[nH]c1=O. The molecule has 2 N–H and O–H groups in total. The maximum absolute atomic E-state index is 12.7.